The number of carbonyl (C=O) groups is 1. The first kappa shape index (κ1) is 13.5. The van der Waals surface area contributed by atoms with Gasteiger partial charge in [-0.25, -0.2) is 4.79 Å². The van der Waals surface area contributed by atoms with Crippen LogP contribution in [0.3, 0.4) is 0 Å². The lowest BCUT2D eigenvalue weighted by atomic mass is 9.95. The number of nitrogens with one attached hydrogen (secondary N) is 1. The maximum Gasteiger partial charge on any atom is 0.328 e. The molecule has 1 saturated carbocycles. The molecular weight excluding hydrogens is 206 g/mol. The lowest BCUT2D eigenvalue weighted by Gasteiger charge is -2.33. The fourth-order valence-electron chi connectivity index (χ4n) is 1.58. The van der Waals surface area contributed by atoms with E-state index in [-0.39, 0.29) is 12.1 Å². The number of ether oxygens (including phenoxy) is 2. The van der Waals surface area contributed by atoms with Crippen molar-refractivity contribution in [2.75, 3.05) is 20.3 Å². The summed E-state index contributed by atoms with van der Waals surface area (Å²) in [7, 11) is 1.61. The van der Waals surface area contributed by atoms with Gasteiger partial charge in [0.1, 0.15) is 5.54 Å². The summed E-state index contributed by atoms with van der Waals surface area (Å²) in [4.78, 5) is 11.9. The lowest BCUT2D eigenvalue weighted by molar-refractivity contribution is -0.156. The van der Waals surface area contributed by atoms with E-state index in [1.54, 1.807) is 7.11 Å². The van der Waals surface area contributed by atoms with E-state index >= 15 is 0 Å². The van der Waals surface area contributed by atoms with Gasteiger partial charge >= 0.3 is 5.97 Å². The molecule has 0 heterocycles. The summed E-state index contributed by atoms with van der Waals surface area (Å²) in [6.45, 7) is 6.81. The molecule has 0 aromatic rings. The molecule has 0 spiro atoms. The average Bonchev–Trinajstić information content (AvgIpc) is 3.08. The molecule has 1 aliphatic carbocycles. The second-order valence-electron chi connectivity index (χ2n) is 4.63. The van der Waals surface area contributed by atoms with Crippen molar-refractivity contribution in [1.82, 2.24) is 5.32 Å². The molecule has 2 atom stereocenters. The fourth-order valence-corrected chi connectivity index (χ4v) is 1.58. The Hall–Kier alpha value is -0.610. The van der Waals surface area contributed by atoms with E-state index in [1.807, 2.05) is 20.8 Å². The van der Waals surface area contributed by atoms with Crippen molar-refractivity contribution in [3.05, 3.63) is 0 Å². The molecule has 0 saturated heterocycles. The Morgan fingerprint density at radius 3 is 2.62 bits per heavy atom. The summed E-state index contributed by atoms with van der Waals surface area (Å²) in [5, 5.41) is 3.29. The largest absolute Gasteiger partial charge is 0.465 e. The van der Waals surface area contributed by atoms with Gasteiger partial charge in [0.05, 0.1) is 12.7 Å². The number of carbonyl (C=O) groups excluding carboxylic acids is 1. The number of methoxy groups -OCH3 is 1. The van der Waals surface area contributed by atoms with Crippen LogP contribution < -0.4 is 5.32 Å². The lowest BCUT2D eigenvalue weighted by Crippen LogP contribution is -2.58. The first-order valence-corrected chi connectivity index (χ1v) is 5.99. The second-order valence-corrected chi connectivity index (χ2v) is 4.63. The maximum absolute atomic E-state index is 11.9. The van der Waals surface area contributed by atoms with E-state index in [4.69, 9.17) is 9.47 Å². The molecule has 0 amide bonds. The fraction of sp³-hybridized carbons (Fsp3) is 0.917. The normalized spacial score (nSPS) is 21.2. The summed E-state index contributed by atoms with van der Waals surface area (Å²) in [5.74, 6) is 0.489. The van der Waals surface area contributed by atoms with Crippen LogP contribution in [-0.2, 0) is 14.3 Å². The number of hydrogen-bond acceptors (Lipinski definition) is 4. The predicted molar refractivity (Wildman–Crippen MR) is 62.2 cm³/mol. The van der Waals surface area contributed by atoms with Gasteiger partial charge in [-0.2, -0.15) is 0 Å². The van der Waals surface area contributed by atoms with Crippen LogP contribution in [0.2, 0.25) is 0 Å². The van der Waals surface area contributed by atoms with Crippen LogP contribution in [0.1, 0.15) is 33.6 Å². The smallest absolute Gasteiger partial charge is 0.328 e. The summed E-state index contributed by atoms with van der Waals surface area (Å²) in [5.41, 5.74) is -0.743. The highest BCUT2D eigenvalue weighted by molar-refractivity contribution is 5.81. The van der Waals surface area contributed by atoms with Crippen molar-refractivity contribution >= 4 is 5.97 Å². The van der Waals surface area contributed by atoms with E-state index in [0.29, 0.717) is 6.61 Å². The molecule has 4 heteroatoms. The quantitative estimate of drug-likeness (QED) is 0.669. The molecular formula is C12H23NO3. The molecule has 2 unspecified atom stereocenters. The molecule has 1 fully saturated rings. The Labute approximate surface area is 97.7 Å². The van der Waals surface area contributed by atoms with Crippen molar-refractivity contribution in [3.63, 3.8) is 0 Å². The molecule has 0 radical (unpaired) electrons. The van der Waals surface area contributed by atoms with Gasteiger partial charge in [-0.15, -0.1) is 0 Å². The molecule has 1 N–H and O–H groups in total. The standard InChI is InChI=1S/C12H23NO3/c1-5-16-11(14)12(3,9(2)15-4)13-8-10-6-7-10/h9-10,13H,5-8H2,1-4H3. The minimum absolute atomic E-state index is 0.203. The van der Waals surface area contributed by atoms with Gasteiger partial charge in [0.15, 0.2) is 0 Å². The van der Waals surface area contributed by atoms with Gasteiger partial charge in [-0.1, -0.05) is 0 Å². The summed E-state index contributed by atoms with van der Waals surface area (Å²) in [6.07, 6.45) is 2.31. The third-order valence-electron chi connectivity index (χ3n) is 3.32. The third-order valence-corrected chi connectivity index (χ3v) is 3.32. The van der Waals surface area contributed by atoms with Gasteiger partial charge in [-0.05, 0) is 46.1 Å². The zero-order chi connectivity index (χ0) is 12.2. The summed E-state index contributed by atoms with van der Waals surface area (Å²) in [6, 6.07) is 0. The van der Waals surface area contributed by atoms with Gasteiger partial charge in [0.25, 0.3) is 0 Å². The van der Waals surface area contributed by atoms with Crippen molar-refractivity contribution < 1.29 is 14.3 Å². The molecule has 1 rings (SSSR count). The highest BCUT2D eigenvalue weighted by Crippen LogP contribution is 2.29. The van der Waals surface area contributed by atoms with Crippen molar-refractivity contribution in [2.24, 2.45) is 5.92 Å². The van der Waals surface area contributed by atoms with E-state index in [9.17, 15) is 4.79 Å². The molecule has 0 bridgehead atoms. The molecule has 0 aromatic carbocycles. The minimum atomic E-state index is -0.743. The van der Waals surface area contributed by atoms with E-state index in [2.05, 4.69) is 5.32 Å². The molecule has 0 aliphatic heterocycles. The Bertz CT molecular complexity index is 240. The highest BCUT2D eigenvalue weighted by Gasteiger charge is 2.41. The monoisotopic (exact) mass is 229 g/mol. The van der Waals surface area contributed by atoms with Crippen LogP contribution in [-0.4, -0.2) is 37.9 Å². The molecule has 94 valence electrons. The van der Waals surface area contributed by atoms with Gasteiger partial charge in [0, 0.05) is 7.11 Å². The highest BCUT2D eigenvalue weighted by atomic mass is 16.5. The molecule has 4 nitrogen and oxygen atoms in total. The first-order valence-electron chi connectivity index (χ1n) is 5.99. The van der Waals surface area contributed by atoms with Gasteiger partial charge < -0.3 is 9.47 Å². The number of esters is 1. The second kappa shape index (κ2) is 5.64. The van der Waals surface area contributed by atoms with Crippen LogP contribution in [0.4, 0.5) is 0 Å². The van der Waals surface area contributed by atoms with E-state index < -0.39 is 5.54 Å². The van der Waals surface area contributed by atoms with Crippen LogP contribution in [0.25, 0.3) is 0 Å². The van der Waals surface area contributed by atoms with Crippen LogP contribution in [0.15, 0.2) is 0 Å². The summed E-state index contributed by atoms with van der Waals surface area (Å²) < 4.78 is 10.4. The average molecular weight is 229 g/mol. The Balaban J connectivity index is 2.60. The molecule has 16 heavy (non-hydrogen) atoms. The van der Waals surface area contributed by atoms with Gasteiger partial charge in [0.2, 0.25) is 0 Å². The van der Waals surface area contributed by atoms with Crippen molar-refractivity contribution in [2.45, 2.75) is 45.3 Å². The van der Waals surface area contributed by atoms with Crippen molar-refractivity contribution in [1.29, 1.82) is 0 Å². The third kappa shape index (κ3) is 3.19. The Morgan fingerprint density at radius 2 is 2.19 bits per heavy atom. The first-order chi connectivity index (χ1) is 7.54. The zero-order valence-electron chi connectivity index (χ0n) is 10.7. The van der Waals surface area contributed by atoms with E-state index in [1.165, 1.54) is 12.8 Å². The Kier molecular flexibility index (Phi) is 4.74. The molecule has 0 aromatic heterocycles. The number of rotatable bonds is 7. The van der Waals surface area contributed by atoms with Crippen LogP contribution in [0, 0.1) is 5.92 Å². The minimum Gasteiger partial charge on any atom is -0.465 e. The topological polar surface area (TPSA) is 47.6 Å². The Morgan fingerprint density at radius 1 is 1.56 bits per heavy atom. The maximum atomic E-state index is 11.9. The van der Waals surface area contributed by atoms with Crippen LogP contribution >= 0.6 is 0 Å². The molecule has 1 aliphatic rings. The predicted octanol–water partition coefficient (Wildman–Crippen LogP) is 1.34. The van der Waals surface area contributed by atoms with Gasteiger partial charge in [-0.3, -0.25) is 5.32 Å². The van der Waals surface area contributed by atoms with Crippen molar-refractivity contribution in [3.8, 4) is 0 Å². The zero-order valence-corrected chi connectivity index (χ0v) is 10.7. The van der Waals surface area contributed by atoms with Crippen LogP contribution in [0.5, 0.6) is 0 Å². The van der Waals surface area contributed by atoms with E-state index in [0.717, 1.165) is 12.5 Å². The SMILES string of the molecule is CCOC(=O)C(C)(NCC1CC1)C(C)OC. The summed E-state index contributed by atoms with van der Waals surface area (Å²) >= 11 is 0. The number of hydrogen-bond donors (Lipinski definition) is 1.